The van der Waals surface area contributed by atoms with Gasteiger partial charge in [0.05, 0.1) is 22.7 Å². The minimum Gasteiger partial charge on any atom is -0.340 e. The first-order valence-electron chi connectivity index (χ1n) is 10.7. The van der Waals surface area contributed by atoms with Crippen molar-refractivity contribution in [2.75, 3.05) is 0 Å². The number of benzene rings is 3. The highest BCUT2D eigenvalue weighted by molar-refractivity contribution is 6.42. The number of aryl methyl sites for hydroxylation is 2. The molecule has 4 rings (SSSR count). The molecule has 0 unspecified atom stereocenters. The van der Waals surface area contributed by atoms with Crippen LogP contribution in [0.4, 0.5) is 0 Å². The number of nitrogens with one attached hydrogen (secondary N) is 1. The van der Waals surface area contributed by atoms with E-state index in [1.165, 1.54) is 5.56 Å². The van der Waals surface area contributed by atoms with Crippen LogP contribution in [0.5, 0.6) is 0 Å². The van der Waals surface area contributed by atoms with E-state index in [1.807, 2.05) is 56.3 Å². The molecule has 0 radical (unpaired) electrons. The smallest absolute Gasteiger partial charge is 0.244 e. The predicted octanol–water partition coefficient (Wildman–Crippen LogP) is 6.61. The van der Waals surface area contributed by atoms with Crippen LogP contribution >= 0.6 is 23.2 Å². The number of hydrogen-bond acceptors (Lipinski definition) is 2. The first kappa shape index (κ1) is 23.1. The van der Waals surface area contributed by atoms with Crippen LogP contribution < -0.4 is 5.43 Å². The van der Waals surface area contributed by atoms with Gasteiger partial charge in [-0.1, -0.05) is 71.2 Å². The van der Waals surface area contributed by atoms with E-state index >= 15 is 0 Å². The van der Waals surface area contributed by atoms with E-state index in [9.17, 15) is 4.79 Å². The lowest BCUT2D eigenvalue weighted by molar-refractivity contribution is -0.120. The van der Waals surface area contributed by atoms with Crippen LogP contribution in [0.1, 0.15) is 33.5 Å². The molecule has 1 heterocycles. The third-order valence-corrected chi connectivity index (χ3v) is 6.58. The van der Waals surface area contributed by atoms with Crippen molar-refractivity contribution >= 4 is 46.2 Å². The Labute approximate surface area is 203 Å². The number of para-hydroxylation sites is 1. The van der Waals surface area contributed by atoms with Gasteiger partial charge in [-0.25, -0.2) is 5.43 Å². The molecule has 168 valence electrons. The van der Waals surface area contributed by atoms with Gasteiger partial charge in [-0.2, -0.15) is 5.10 Å². The summed E-state index contributed by atoms with van der Waals surface area (Å²) in [4.78, 5) is 12.4. The van der Waals surface area contributed by atoms with E-state index in [4.69, 9.17) is 23.2 Å². The lowest BCUT2D eigenvalue weighted by Crippen LogP contribution is -2.20. The molecule has 0 aliphatic rings. The number of fused-ring (bicyclic) bond motifs is 1. The van der Waals surface area contributed by atoms with Crippen LogP contribution in [0.25, 0.3) is 10.9 Å². The summed E-state index contributed by atoms with van der Waals surface area (Å²) in [6.07, 6.45) is 2.02. The Kier molecular flexibility index (Phi) is 6.87. The summed E-state index contributed by atoms with van der Waals surface area (Å²) in [7, 11) is 0. The Hall–Kier alpha value is -3.08. The normalized spacial score (nSPS) is 11.4. The molecular formula is C27H25Cl2N3O. The van der Waals surface area contributed by atoms with Gasteiger partial charge in [0, 0.05) is 28.7 Å². The molecule has 0 saturated heterocycles. The fraction of sp³-hybridized carbons (Fsp3) is 0.185. The molecule has 4 nitrogen and oxygen atoms in total. The van der Waals surface area contributed by atoms with Gasteiger partial charge in [0.1, 0.15) is 0 Å². The second-order valence-corrected chi connectivity index (χ2v) is 9.07. The molecule has 1 aromatic heterocycles. The van der Waals surface area contributed by atoms with E-state index in [2.05, 4.69) is 40.2 Å². The predicted molar refractivity (Wildman–Crippen MR) is 138 cm³/mol. The maximum atomic E-state index is 12.4. The van der Waals surface area contributed by atoms with E-state index in [1.54, 1.807) is 6.21 Å². The summed E-state index contributed by atoms with van der Waals surface area (Å²) in [6, 6.07) is 19.9. The van der Waals surface area contributed by atoms with Gasteiger partial charge in [-0.15, -0.1) is 0 Å². The molecule has 0 fully saturated rings. The Morgan fingerprint density at radius 3 is 2.55 bits per heavy atom. The summed E-state index contributed by atoms with van der Waals surface area (Å²) < 4.78 is 2.22. The highest BCUT2D eigenvalue weighted by Gasteiger charge is 2.13. The van der Waals surface area contributed by atoms with Crippen LogP contribution in [0, 0.1) is 20.8 Å². The van der Waals surface area contributed by atoms with Crippen molar-refractivity contribution in [1.29, 1.82) is 0 Å². The van der Waals surface area contributed by atoms with Gasteiger partial charge < -0.3 is 4.57 Å². The van der Waals surface area contributed by atoms with Crippen molar-refractivity contribution in [2.24, 2.45) is 5.10 Å². The number of carbonyl (C=O) groups is 1. The molecule has 0 bridgehead atoms. The average Bonchev–Trinajstić information content (AvgIpc) is 3.04. The fourth-order valence-corrected chi connectivity index (χ4v) is 4.39. The van der Waals surface area contributed by atoms with Gasteiger partial charge in [-0.05, 0) is 55.7 Å². The van der Waals surface area contributed by atoms with Crippen molar-refractivity contribution in [3.8, 4) is 0 Å². The first-order valence-corrected chi connectivity index (χ1v) is 11.5. The van der Waals surface area contributed by atoms with Crippen molar-refractivity contribution in [2.45, 2.75) is 33.7 Å². The van der Waals surface area contributed by atoms with Gasteiger partial charge in [0.15, 0.2) is 0 Å². The Bertz CT molecular complexity index is 1370. The Morgan fingerprint density at radius 1 is 1.00 bits per heavy atom. The zero-order valence-electron chi connectivity index (χ0n) is 18.8. The monoisotopic (exact) mass is 477 g/mol. The van der Waals surface area contributed by atoms with Gasteiger partial charge >= 0.3 is 0 Å². The minimum atomic E-state index is -0.143. The van der Waals surface area contributed by atoms with E-state index in [-0.39, 0.29) is 5.91 Å². The number of rotatable bonds is 6. The maximum Gasteiger partial charge on any atom is 0.244 e. The quantitative estimate of drug-likeness (QED) is 0.246. The lowest BCUT2D eigenvalue weighted by atomic mass is 10.0. The zero-order valence-corrected chi connectivity index (χ0v) is 20.3. The molecule has 0 aliphatic heterocycles. The molecule has 0 atom stereocenters. The molecule has 0 spiro atoms. The molecule has 1 amide bonds. The molecule has 6 heteroatoms. The second-order valence-electron chi connectivity index (χ2n) is 8.25. The molecule has 33 heavy (non-hydrogen) atoms. The highest BCUT2D eigenvalue weighted by atomic mass is 35.5. The standard InChI is InChI=1S/C27H25Cl2N3O/c1-17-8-10-21(18(2)12-17)14-27(33)31-30-15-23-19(3)32(26-7-5-4-6-22(23)26)16-20-9-11-24(28)25(29)13-20/h4-13,15H,14,16H2,1-3H3,(H,31,33)/b30-15-. The van der Waals surface area contributed by atoms with Crippen molar-refractivity contribution in [1.82, 2.24) is 9.99 Å². The third-order valence-electron chi connectivity index (χ3n) is 5.84. The molecule has 1 N–H and O–H groups in total. The Morgan fingerprint density at radius 2 is 1.79 bits per heavy atom. The largest absolute Gasteiger partial charge is 0.340 e. The number of amides is 1. The number of aromatic nitrogens is 1. The van der Waals surface area contributed by atoms with Crippen LogP contribution in [0.2, 0.25) is 10.0 Å². The SMILES string of the molecule is Cc1ccc(CC(=O)N/N=C\c2c(C)n(Cc3ccc(Cl)c(Cl)c3)c3ccccc23)c(C)c1. The zero-order chi connectivity index (χ0) is 23.5. The number of hydrogen-bond donors (Lipinski definition) is 1. The molecule has 0 saturated carbocycles. The van der Waals surface area contributed by atoms with E-state index in [0.29, 0.717) is 23.0 Å². The van der Waals surface area contributed by atoms with Crippen LogP contribution in [0.3, 0.4) is 0 Å². The topological polar surface area (TPSA) is 46.4 Å². The van der Waals surface area contributed by atoms with E-state index < -0.39 is 0 Å². The third kappa shape index (κ3) is 5.13. The fourth-order valence-electron chi connectivity index (χ4n) is 4.07. The van der Waals surface area contributed by atoms with Gasteiger partial charge in [0.25, 0.3) is 0 Å². The molecule has 3 aromatic carbocycles. The molecule has 0 aliphatic carbocycles. The minimum absolute atomic E-state index is 0.143. The van der Waals surface area contributed by atoms with Crippen molar-refractivity contribution < 1.29 is 4.79 Å². The van der Waals surface area contributed by atoms with Crippen molar-refractivity contribution in [3.63, 3.8) is 0 Å². The van der Waals surface area contributed by atoms with Crippen molar-refractivity contribution in [3.05, 3.63) is 104 Å². The molecular weight excluding hydrogens is 453 g/mol. The van der Waals surface area contributed by atoms with Gasteiger partial charge in [-0.3, -0.25) is 4.79 Å². The number of carbonyl (C=O) groups excluding carboxylic acids is 1. The second kappa shape index (κ2) is 9.82. The number of hydrazone groups is 1. The number of nitrogens with zero attached hydrogens (tertiary/aromatic N) is 2. The average molecular weight is 478 g/mol. The summed E-state index contributed by atoms with van der Waals surface area (Å²) in [5.41, 5.74) is 10.1. The highest BCUT2D eigenvalue weighted by Crippen LogP contribution is 2.28. The summed E-state index contributed by atoms with van der Waals surface area (Å²) in [6.45, 7) is 6.76. The van der Waals surface area contributed by atoms with Crippen LogP contribution in [0.15, 0.2) is 65.8 Å². The van der Waals surface area contributed by atoms with Gasteiger partial charge in [0.2, 0.25) is 5.91 Å². The number of halogens is 2. The van der Waals surface area contributed by atoms with E-state index in [0.717, 1.165) is 38.9 Å². The lowest BCUT2D eigenvalue weighted by Gasteiger charge is -2.09. The molecule has 4 aromatic rings. The van der Waals surface area contributed by atoms with Crippen LogP contribution in [-0.4, -0.2) is 16.7 Å². The summed E-state index contributed by atoms with van der Waals surface area (Å²) in [5, 5.41) is 6.42. The summed E-state index contributed by atoms with van der Waals surface area (Å²) >= 11 is 12.3. The Balaban J connectivity index is 1.56. The maximum absolute atomic E-state index is 12.4. The first-order chi connectivity index (χ1) is 15.8. The summed E-state index contributed by atoms with van der Waals surface area (Å²) in [5.74, 6) is -0.143. The van der Waals surface area contributed by atoms with Crippen LogP contribution in [-0.2, 0) is 17.8 Å².